The molecule has 4 rings (SSSR count). The second-order valence-corrected chi connectivity index (χ2v) is 6.97. The van der Waals surface area contributed by atoms with Crippen molar-refractivity contribution in [2.45, 2.75) is 44.2 Å². The molecule has 1 saturated carbocycles. The van der Waals surface area contributed by atoms with Gasteiger partial charge in [-0.2, -0.15) is 5.10 Å². The summed E-state index contributed by atoms with van der Waals surface area (Å²) in [7, 11) is 2.02. The predicted octanol–water partition coefficient (Wildman–Crippen LogP) is 1.89. The number of aryl methyl sites for hydroxylation is 1. The van der Waals surface area contributed by atoms with Crippen molar-refractivity contribution in [2.75, 3.05) is 24.5 Å². The summed E-state index contributed by atoms with van der Waals surface area (Å²) in [5.74, 6) is 1.11. The van der Waals surface area contributed by atoms with Gasteiger partial charge in [0.15, 0.2) is 0 Å². The summed E-state index contributed by atoms with van der Waals surface area (Å²) in [4.78, 5) is 13.7. The molecule has 1 saturated heterocycles. The first-order valence-corrected chi connectivity index (χ1v) is 9.05. The predicted molar refractivity (Wildman–Crippen MR) is 93.9 cm³/mol. The maximum absolute atomic E-state index is 4.51. The van der Waals surface area contributed by atoms with E-state index in [2.05, 4.69) is 37.0 Å². The van der Waals surface area contributed by atoms with Crippen LogP contribution in [-0.2, 0) is 13.5 Å². The number of aromatic nitrogens is 4. The van der Waals surface area contributed by atoms with Crippen LogP contribution < -0.4 is 4.90 Å². The lowest BCUT2D eigenvalue weighted by Gasteiger charge is -2.39. The lowest BCUT2D eigenvalue weighted by Crippen LogP contribution is -2.46. The van der Waals surface area contributed by atoms with Gasteiger partial charge in [0.25, 0.3) is 0 Å². The Labute approximate surface area is 143 Å². The molecule has 3 heterocycles. The lowest BCUT2D eigenvalue weighted by atomic mass is 10.0. The van der Waals surface area contributed by atoms with Crippen LogP contribution in [0.1, 0.15) is 31.4 Å². The maximum atomic E-state index is 4.51. The number of nitrogens with zero attached hydrogens (tertiary/aromatic N) is 6. The van der Waals surface area contributed by atoms with Crippen LogP contribution in [0.5, 0.6) is 0 Å². The van der Waals surface area contributed by atoms with Gasteiger partial charge in [0, 0.05) is 63.3 Å². The van der Waals surface area contributed by atoms with Crippen molar-refractivity contribution in [3.63, 3.8) is 0 Å². The van der Waals surface area contributed by atoms with Gasteiger partial charge >= 0.3 is 0 Å². The van der Waals surface area contributed by atoms with E-state index in [9.17, 15) is 0 Å². The summed E-state index contributed by atoms with van der Waals surface area (Å²) >= 11 is 0. The Morgan fingerprint density at radius 2 is 1.88 bits per heavy atom. The van der Waals surface area contributed by atoms with E-state index in [4.69, 9.17) is 0 Å². The molecule has 0 N–H and O–H groups in total. The number of rotatable bonds is 6. The lowest BCUT2D eigenvalue weighted by molar-refractivity contribution is 0.209. The van der Waals surface area contributed by atoms with Crippen molar-refractivity contribution in [1.29, 1.82) is 0 Å². The summed E-state index contributed by atoms with van der Waals surface area (Å²) in [5, 5.41) is 4.25. The van der Waals surface area contributed by atoms with Crippen LogP contribution in [0.2, 0.25) is 0 Å². The Morgan fingerprint density at radius 1 is 1.08 bits per heavy atom. The van der Waals surface area contributed by atoms with Gasteiger partial charge in [0.05, 0.1) is 0 Å². The molecule has 0 amide bonds. The van der Waals surface area contributed by atoms with Crippen LogP contribution >= 0.6 is 0 Å². The normalized spacial score (nSPS) is 19.5. The number of likely N-dealkylation sites (tertiary alicyclic amines) is 1. The van der Waals surface area contributed by atoms with Gasteiger partial charge in [-0.3, -0.25) is 4.68 Å². The molecule has 128 valence electrons. The second-order valence-electron chi connectivity index (χ2n) is 6.97. The van der Waals surface area contributed by atoms with Crippen molar-refractivity contribution in [3.8, 4) is 0 Å². The van der Waals surface area contributed by atoms with E-state index in [1.807, 2.05) is 24.1 Å². The molecule has 2 aliphatic rings. The van der Waals surface area contributed by atoms with E-state index in [0.717, 1.165) is 18.8 Å². The first-order chi connectivity index (χ1) is 11.8. The molecule has 0 atom stereocenters. The highest BCUT2D eigenvalue weighted by Gasteiger charge is 2.36. The third-order valence-electron chi connectivity index (χ3n) is 5.33. The number of hydrogen-bond acceptors (Lipinski definition) is 5. The molecule has 24 heavy (non-hydrogen) atoms. The summed E-state index contributed by atoms with van der Waals surface area (Å²) in [6.07, 6.45) is 11.6. The number of piperidine rings is 1. The van der Waals surface area contributed by atoms with Crippen LogP contribution in [0.3, 0.4) is 0 Å². The van der Waals surface area contributed by atoms with Crippen molar-refractivity contribution in [1.82, 2.24) is 24.6 Å². The molecule has 0 unspecified atom stereocenters. The quantitative estimate of drug-likeness (QED) is 0.811. The molecule has 0 bridgehead atoms. The molecule has 0 spiro atoms. The van der Waals surface area contributed by atoms with E-state index in [0.29, 0.717) is 12.1 Å². The van der Waals surface area contributed by atoms with Gasteiger partial charge in [-0.25, -0.2) is 9.97 Å². The van der Waals surface area contributed by atoms with Crippen molar-refractivity contribution < 1.29 is 0 Å². The fourth-order valence-corrected chi connectivity index (χ4v) is 3.80. The van der Waals surface area contributed by atoms with Gasteiger partial charge in [-0.1, -0.05) is 0 Å². The molecule has 1 aliphatic heterocycles. The Balaban J connectivity index is 1.32. The van der Waals surface area contributed by atoms with Crippen molar-refractivity contribution in [2.24, 2.45) is 7.05 Å². The zero-order valence-corrected chi connectivity index (χ0v) is 14.4. The highest BCUT2D eigenvalue weighted by molar-refractivity contribution is 5.41. The average Bonchev–Trinajstić information content (AvgIpc) is 3.37. The Hall–Kier alpha value is -1.95. The van der Waals surface area contributed by atoms with E-state index >= 15 is 0 Å². The molecule has 2 aromatic heterocycles. The monoisotopic (exact) mass is 326 g/mol. The SMILES string of the molecule is Cn1nccc1CCN1CCC(N(c2ccncn2)C2CC2)CC1. The molecule has 2 fully saturated rings. The molecular weight excluding hydrogens is 300 g/mol. The summed E-state index contributed by atoms with van der Waals surface area (Å²) in [6, 6.07) is 5.51. The fraction of sp³-hybridized carbons (Fsp3) is 0.611. The first kappa shape index (κ1) is 15.6. The summed E-state index contributed by atoms with van der Waals surface area (Å²) in [6.45, 7) is 3.48. The highest BCUT2D eigenvalue weighted by Crippen LogP contribution is 2.34. The van der Waals surface area contributed by atoms with Crippen LogP contribution in [0.4, 0.5) is 5.82 Å². The highest BCUT2D eigenvalue weighted by atomic mass is 15.3. The molecular formula is C18H26N6. The molecule has 6 nitrogen and oxygen atoms in total. The third-order valence-corrected chi connectivity index (χ3v) is 5.33. The largest absolute Gasteiger partial charge is 0.350 e. The number of hydrogen-bond donors (Lipinski definition) is 0. The third kappa shape index (κ3) is 3.43. The minimum Gasteiger partial charge on any atom is -0.350 e. The maximum Gasteiger partial charge on any atom is 0.132 e. The first-order valence-electron chi connectivity index (χ1n) is 9.05. The Bertz CT molecular complexity index is 643. The van der Waals surface area contributed by atoms with Gasteiger partial charge in [-0.15, -0.1) is 0 Å². The smallest absolute Gasteiger partial charge is 0.132 e. The van der Waals surface area contributed by atoms with Crippen LogP contribution in [-0.4, -0.2) is 56.4 Å². The van der Waals surface area contributed by atoms with Crippen LogP contribution in [0, 0.1) is 0 Å². The Morgan fingerprint density at radius 3 is 2.50 bits per heavy atom. The zero-order valence-electron chi connectivity index (χ0n) is 14.4. The summed E-state index contributed by atoms with van der Waals surface area (Å²) < 4.78 is 1.98. The minimum absolute atomic E-state index is 0.625. The molecule has 2 aromatic rings. The van der Waals surface area contributed by atoms with Gasteiger partial charge < -0.3 is 9.80 Å². The minimum atomic E-state index is 0.625. The van der Waals surface area contributed by atoms with Crippen LogP contribution in [0.25, 0.3) is 0 Å². The fourth-order valence-electron chi connectivity index (χ4n) is 3.80. The van der Waals surface area contributed by atoms with Crippen molar-refractivity contribution in [3.05, 3.63) is 36.5 Å². The average molecular weight is 326 g/mol. The topological polar surface area (TPSA) is 50.1 Å². The summed E-state index contributed by atoms with van der Waals surface area (Å²) in [5.41, 5.74) is 1.32. The zero-order chi connectivity index (χ0) is 16.4. The molecule has 0 aromatic carbocycles. The second kappa shape index (κ2) is 6.89. The standard InChI is InChI=1S/C18H26N6/c1-22-15(4-10-21-22)6-11-23-12-7-17(8-13-23)24(16-2-3-16)18-5-9-19-14-20-18/h4-5,9-10,14,16-17H,2-3,6-8,11-13H2,1H3. The van der Waals surface area contributed by atoms with E-state index in [1.54, 1.807) is 6.33 Å². The molecule has 6 heteroatoms. The molecule has 0 radical (unpaired) electrons. The van der Waals surface area contributed by atoms with Gasteiger partial charge in [-0.05, 0) is 37.8 Å². The molecule has 1 aliphatic carbocycles. The van der Waals surface area contributed by atoms with E-state index < -0.39 is 0 Å². The van der Waals surface area contributed by atoms with Crippen molar-refractivity contribution >= 4 is 5.82 Å². The van der Waals surface area contributed by atoms with E-state index in [1.165, 1.54) is 44.5 Å². The number of anilines is 1. The van der Waals surface area contributed by atoms with Gasteiger partial charge in [0.2, 0.25) is 0 Å². The van der Waals surface area contributed by atoms with E-state index in [-0.39, 0.29) is 0 Å². The Kier molecular flexibility index (Phi) is 4.47. The van der Waals surface area contributed by atoms with Gasteiger partial charge in [0.1, 0.15) is 12.1 Å². The van der Waals surface area contributed by atoms with Crippen LogP contribution in [0.15, 0.2) is 30.9 Å².